The van der Waals surface area contributed by atoms with Gasteiger partial charge in [0.05, 0.1) is 37.9 Å². The molecule has 5 rings (SSSR count). The summed E-state index contributed by atoms with van der Waals surface area (Å²) in [6.07, 6.45) is 3.22. The smallest absolute Gasteiger partial charge is 0.238 e. The maximum absolute atomic E-state index is 13.8. The fraction of sp³-hybridized carbons (Fsp3) is 0.364. The van der Waals surface area contributed by atoms with Crippen molar-refractivity contribution < 1.29 is 4.79 Å². The molecule has 1 N–H and O–H groups in total. The van der Waals surface area contributed by atoms with Crippen LogP contribution in [0.2, 0.25) is 10.0 Å². The lowest BCUT2D eigenvalue weighted by molar-refractivity contribution is -0.125. The third-order valence-corrected chi connectivity index (χ3v) is 8.63. The lowest BCUT2D eigenvalue weighted by atomic mass is 9.63. The number of hydrogen-bond donors (Lipinski definition) is 1. The average Bonchev–Trinajstić information content (AvgIpc) is 2.99. The zero-order valence-electron chi connectivity index (χ0n) is 16.7. The van der Waals surface area contributed by atoms with E-state index in [4.69, 9.17) is 33.2 Å². The molecule has 0 spiro atoms. The van der Waals surface area contributed by atoms with E-state index in [2.05, 4.69) is 47.0 Å². The Kier molecular flexibility index (Phi) is 4.28. The van der Waals surface area contributed by atoms with Gasteiger partial charge in [0.1, 0.15) is 5.82 Å². The van der Waals surface area contributed by atoms with Crippen molar-refractivity contribution in [3.63, 3.8) is 0 Å². The van der Waals surface area contributed by atoms with Crippen LogP contribution >= 0.6 is 39.1 Å². The van der Waals surface area contributed by atoms with Gasteiger partial charge >= 0.3 is 0 Å². The lowest BCUT2D eigenvalue weighted by Crippen LogP contribution is -2.48. The maximum atomic E-state index is 13.8. The van der Waals surface area contributed by atoms with Crippen molar-refractivity contribution in [3.05, 3.63) is 56.4 Å². The van der Waals surface area contributed by atoms with Crippen LogP contribution in [-0.2, 0) is 15.6 Å². The summed E-state index contributed by atoms with van der Waals surface area (Å²) in [4.78, 5) is 28.0. The number of carbonyl (C=O) groups excluding carboxylic acids is 1. The number of nitrogens with one attached hydrogen (secondary N) is 1. The van der Waals surface area contributed by atoms with Gasteiger partial charge in [0.25, 0.3) is 0 Å². The molecule has 154 valence electrons. The molecule has 0 aliphatic heterocycles. The normalized spacial score (nSPS) is 26.1. The quantitative estimate of drug-likeness (QED) is 0.459. The number of nitrogens with zero attached hydrogens (tertiary/aromatic N) is 3. The summed E-state index contributed by atoms with van der Waals surface area (Å²) in [6.45, 7) is 6.47. The van der Waals surface area contributed by atoms with E-state index in [1.165, 1.54) is 0 Å². The van der Waals surface area contributed by atoms with Gasteiger partial charge in [-0.1, -0.05) is 44.0 Å². The summed E-state index contributed by atoms with van der Waals surface area (Å²) < 4.78 is 0.853. The third kappa shape index (κ3) is 2.41. The van der Waals surface area contributed by atoms with Crippen LogP contribution in [0.15, 0.2) is 34.9 Å². The van der Waals surface area contributed by atoms with Crippen molar-refractivity contribution in [1.29, 1.82) is 0 Å². The first-order chi connectivity index (χ1) is 14.1. The predicted octanol–water partition coefficient (Wildman–Crippen LogP) is 6.06. The Morgan fingerprint density at radius 1 is 1.03 bits per heavy atom. The van der Waals surface area contributed by atoms with E-state index in [1.807, 2.05) is 6.07 Å². The number of rotatable bonds is 2. The van der Waals surface area contributed by atoms with Crippen LogP contribution in [0.1, 0.15) is 45.0 Å². The van der Waals surface area contributed by atoms with Gasteiger partial charge in [0.2, 0.25) is 5.91 Å². The molecule has 0 radical (unpaired) electrons. The van der Waals surface area contributed by atoms with E-state index < -0.39 is 5.41 Å². The highest BCUT2D eigenvalue weighted by Crippen LogP contribution is 2.70. The van der Waals surface area contributed by atoms with Crippen molar-refractivity contribution in [1.82, 2.24) is 15.0 Å². The molecule has 1 aromatic carbocycles. The molecule has 2 unspecified atom stereocenters. The van der Waals surface area contributed by atoms with E-state index >= 15 is 0 Å². The van der Waals surface area contributed by atoms with Crippen LogP contribution in [0.25, 0.3) is 11.0 Å². The maximum Gasteiger partial charge on any atom is 0.238 e. The number of benzene rings is 1. The minimum absolute atomic E-state index is 0.0986. The van der Waals surface area contributed by atoms with Gasteiger partial charge in [0, 0.05) is 16.1 Å². The number of hydrogen-bond acceptors (Lipinski definition) is 4. The number of amides is 1. The van der Waals surface area contributed by atoms with Crippen LogP contribution in [0.5, 0.6) is 0 Å². The molecule has 0 saturated heterocycles. The highest BCUT2D eigenvalue weighted by molar-refractivity contribution is 9.10. The molecule has 2 bridgehead atoms. The van der Waals surface area contributed by atoms with E-state index in [-0.39, 0.29) is 16.7 Å². The first kappa shape index (κ1) is 20.2. The molecule has 2 aliphatic carbocycles. The van der Waals surface area contributed by atoms with Crippen molar-refractivity contribution in [2.45, 2.75) is 44.4 Å². The Hall–Kier alpha value is -1.76. The van der Waals surface area contributed by atoms with Crippen LogP contribution in [-0.4, -0.2) is 20.9 Å². The molecule has 5 nitrogen and oxygen atoms in total. The van der Waals surface area contributed by atoms with Crippen LogP contribution < -0.4 is 5.32 Å². The average molecular weight is 506 g/mol. The third-order valence-electron chi connectivity index (χ3n) is 7.44. The van der Waals surface area contributed by atoms with Crippen molar-refractivity contribution >= 4 is 61.9 Å². The number of aromatic nitrogens is 3. The SMILES string of the molecule is CC12CCC(C(=O)Nc3ccc(Br)cn3)(c3nc4cc(Cl)c(Cl)cc4nc31)C2(C)C. The second-order valence-corrected chi connectivity index (χ2v) is 10.6. The van der Waals surface area contributed by atoms with Gasteiger partial charge in [-0.25, -0.2) is 15.0 Å². The van der Waals surface area contributed by atoms with Crippen LogP contribution in [0.4, 0.5) is 5.82 Å². The zero-order valence-corrected chi connectivity index (χ0v) is 19.8. The molecular formula is C22H19BrCl2N4O. The minimum Gasteiger partial charge on any atom is -0.310 e. The monoisotopic (exact) mass is 504 g/mol. The second kappa shape index (κ2) is 6.38. The Morgan fingerprint density at radius 3 is 2.27 bits per heavy atom. The highest BCUT2D eigenvalue weighted by Gasteiger charge is 2.73. The Bertz CT molecular complexity index is 1230. The first-order valence-electron chi connectivity index (χ1n) is 9.71. The lowest BCUT2D eigenvalue weighted by Gasteiger charge is -2.39. The predicted molar refractivity (Wildman–Crippen MR) is 122 cm³/mol. The second-order valence-electron chi connectivity index (χ2n) is 8.85. The molecule has 1 amide bonds. The largest absolute Gasteiger partial charge is 0.310 e. The zero-order chi connectivity index (χ0) is 21.5. The Balaban J connectivity index is 1.70. The van der Waals surface area contributed by atoms with Gasteiger partial charge < -0.3 is 5.32 Å². The molecule has 1 fully saturated rings. The Labute approximate surface area is 192 Å². The number of carbonyl (C=O) groups is 1. The minimum atomic E-state index is -0.806. The number of pyridine rings is 1. The molecule has 8 heteroatoms. The highest BCUT2D eigenvalue weighted by atomic mass is 79.9. The molecule has 2 heterocycles. The molecule has 30 heavy (non-hydrogen) atoms. The summed E-state index contributed by atoms with van der Waals surface area (Å²) in [5.41, 5.74) is 1.48. The van der Waals surface area contributed by atoms with Gasteiger partial charge in [-0.05, 0) is 58.5 Å². The van der Waals surface area contributed by atoms with Crippen LogP contribution in [0.3, 0.4) is 0 Å². The van der Waals surface area contributed by atoms with E-state index in [0.717, 1.165) is 22.3 Å². The summed E-state index contributed by atoms with van der Waals surface area (Å²) in [5.74, 6) is 0.414. The van der Waals surface area contributed by atoms with Crippen molar-refractivity contribution in [3.8, 4) is 0 Å². The van der Waals surface area contributed by atoms with E-state index in [0.29, 0.717) is 33.3 Å². The van der Waals surface area contributed by atoms with Gasteiger partial charge in [-0.3, -0.25) is 4.79 Å². The first-order valence-corrected chi connectivity index (χ1v) is 11.3. The van der Waals surface area contributed by atoms with Gasteiger partial charge in [-0.2, -0.15) is 0 Å². The van der Waals surface area contributed by atoms with Crippen molar-refractivity contribution in [2.24, 2.45) is 5.41 Å². The van der Waals surface area contributed by atoms with E-state index in [9.17, 15) is 4.79 Å². The van der Waals surface area contributed by atoms with Gasteiger partial charge in [-0.15, -0.1) is 0 Å². The standard InChI is InChI=1S/C22H19BrCl2N4O/c1-20(2)21(3)6-7-22(20,19(30)29-16-5-4-11(23)10-26-16)18-17(21)27-14-8-12(24)13(25)9-15(14)28-18/h4-5,8-10H,6-7H2,1-3H3,(H,26,29,30). The molecule has 2 atom stereocenters. The molecule has 2 aliphatic rings. The van der Waals surface area contributed by atoms with Crippen LogP contribution in [0, 0.1) is 5.41 Å². The van der Waals surface area contributed by atoms with Gasteiger partial charge in [0.15, 0.2) is 0 Å². The Morgan fingerprint density at radius 2 is 1.67 bits per heavy atom. The topological polar surface area (TPSA) is 67.8 Å². The summed E-state index contributed by atoms with van der Waals surface area (Å²) >= 11 is 15.8. The van der Waals surface area contributed by atoms with Crippen molar-refractivity contribution in [2.75, 3.05) is 5.32 Å². The number of halogens is 3. The fourth-order valence-corrected chi connectivity index (χ4v) is 5.82. The molecule has 2 aromatic heterocycles. The van der Waals surface area contributed by atoms with E-state index in [1.54, 1.807) is 24.4 Å². The fourth-order valence-electron chi connectivity index (χ4n) is 5.27. The molecule has 3 aromatic rings. The summed E-state index contributed by atoms with van der Waals surface area (Å²) in [6, 6.07) is 7.10. The number of fused-ring (bicyclic) bond motifs is 6. The summed E-state index contributed by atoms with van der Waals surface area (Å²) in [5, 5.41) is 3.89. The molecular weight excluding hydrogens is 487 g/mol. The molecule has 1 saturated carbocycles. The summed E-state index contributed by atoms with van der Waals surface area (Å²) in [7, 11) is 0. The number of anilines is 1.